The van der Waals surface area contributed by atoms with Gasteiger partial charge < -0.3 is 5.73 Å². The zero-order valence-corrected chi connectivity index (χ0v) is 9.16. The summed E-state index contributed by atoms with van der Waals surface area (Å²) >= 11 is 0. The van der Waals surface area contributed by atoms with E-state index in [4.69, 9.17) is 5.73 Å². The van der Waals surface area contributed by atoms with Crippen LogP contribution < -0.4 is 5.73 Å². The molecule has 1 aromatic carbocycles. The lowest BCUT2D eigenvalue weighted by Gasteiger charge is -2.05. The number of nitrogen functional groups attached to an aromatic ring is 1. The predicted molar refractivity (Wildman–Crippen MR) is 61.3 cm³/mol. The second kappa shape index (κ2) is 3.89. The average molecular weight is 217 g/mol. The van der Waals surface area contributed by atoms with Crippen LogP contribution in [0, 0.1) is 19.7 Å². The maximum atomic E-state index is 13.5. The molecule has 2 N–H and O–H groups in total. The normalized spacial score (nSPS) is 10.4. The fourth-order valence-corrected chi connectivity index (χ4v) is 1.69. The van der Waals surface area contributed by atoms with Gasteiger partial charge in [-0.05, 0) is 26.0 Å². The molecule has 2 rings (SSSR count). The van der Waals surface area contributed by atoms with Crippen molar-refractivity contribution in [2.75, 3.05) is 5.73 Å². The lowest BCUT2D eigenvalue weighted by atomic mass is 10.0. The number of anilines is 1. The van der Waals surface area contributed by atoms with E-state index in [9.17, 15) is 4.39 Å². The molecule has 0 fully saturated rings. The summed E-state index contributed by atoms with van der Waals surface area (Å²) < 4.78 is 13.5. The SMILES string of the molecule is Cc1cc(C)cc(-c2nc(N)ncc2F)c1. The quantitative estimate of drug-likeness (QED) is 0.798. The molecular formula is C12H12FN3. The van der Waals surface area contributed by atoms with Crippen molar-refractivity contribution in [3.05, 3.63) is 41.3 Å². The molecule has 82 valence electrons. The topological polar surface area (TPSA) is 51.8 Å². The molecule has 0 aliphatic rings. The van der Waals surface area contributed by atoms with Crippen molar-refractivity contribution < 1.29 is 4.39 Å². The van der Waals surface area contributed by atoms with Crippen LogP contribution in [0.5, 0.6) is 0 Å². The van der Waals surface area contributed by atoms with Crippen LogP contribution in [-0.4, -0.2) is 9.97 Å². The Morgan fingerprint density at radius 2 is 1.75 bits per heavy atom. The minimum atomic E-state index is -0.459. The van der Waals surface area contributed by atoms with E-state index in [1.54, 1.807) is 0 Å². The van der Waals surface area contributed by atoms with Gasteiger partial charge in [0.05, 0.1) is 6.20 Å². The van der Waals surface area contributed by atoms with Crippen LogP contribution in [0.1, 0.15) is 11.1 Å². The zero-order chi connectivity index (χ0) is 11.7. The van der Waals surface area contributed by atoms with E-state index in [1.165, 1.54) is 0 Å². The van der Waals surface area contributed by atoms with Crippen molar-refractivity contribution in [3.63, 3.8) is 0 Å². The van der Waals surface area contributed by atoms with Gasteiger partial charge >= 0.3 is 0 Å². The second-order valence-electron chi connectivity index (χ2n) is 3.80. The average Bonchev–Trinajstić information content (AvgIpc) is 2.20. The lowest BCUT2D eigenvalue weighted by Crippen LogP contribution is -1.99. The highest BCUT2D eigenvalue weighted by atomic mass is 19.1. The van der Waals surface area contributed by atoms with Crippen LogP contribution >= 0.6 is 0 Å². The Hall–Kier alpha value is -1.97. The molecular weight excluding hydrogens is 205 g/mol. The minimum absolute atomic E-state index is 0.0792. The largest absolute Gasteiger partial charge is 0.368 e. The maximum absolute atomic E-state index is 13.5. The van der Waals surface area contributed by atoms with Crippen molar-refractivity contribution in [3.8, 4) is 11.3 Å². The Bertz CT molecular complexity index is 518. The number of halogens is 1. The van der Waals surface area contributed by atoms with Crippen molar-refractivity contribution >= 4 is 5.95 Å². The van der Waals surface area contributed by atoms with Crippen LogP contribution in [0.2, 0.25) is 0 Å². The monoisotopic (exact) mass is 217 g/mol. The molecule has 0 radical (unpaired) electrons. The summed E-state index contributed by atoms with van der Waals surface area (Å²) in [6, 6.07) is 5.77. The van der Waals surface area contributed by atoms with Gasteiger partial charge in [-0.15, -0.1) is 0 Å². The summed E-state index contributed by atoms with van der Waals surface area (Å²) in [7, 11) is 0. The molecule has 0 spiro atoms. The minimum Gasteiger partial charge on any atom is -0.368 e. The van der Waals surface area contributed by atoms with E-state index in [0.29, 0.717) is 0 Å². The lowest BCUT2D eigenvalue weighted by molar-refractivity contribution is 0.619. The third kappa shape index (κ3) is 2.00. The molecule has 0 aliphatic carbocycles. The molecule has 0 amide bonds. The Morgan fingerprint density at radius 3 is 2.38 bits per heavy atom. The van der Waals surface area contributed by atoms with Crippen LogP contribution in [0.25, 0.3) is 11.3 Å². The molecule has 4 heteroatoms. The molecule has 1 heterocycles. The van der Waals surface area contributed by atoms with Gasteiger partial charge in [0, 0.05) is 5.56 Å². The van der Waals surface area contributed by atoms with Crippen LogP contribution in [0.4, 0.5) is 10.3 Å². The van der Waals surface area contributed by atoms with Crippen LogP contribution in [-0.2, 0) is 0 Å². The molecule has 0 saturated heterocycles. The molecule has 3 nitrogen and oxygen atoms in total. The van der Waals surface area contributed by atoms with Crippen LogP contribution in [0.3, 0.4) is 0 Å². The van der Waals surface area contributed by atoms with Crippen molar-refractivity contribution in [1.29, 1.82) is 0 Å². The van der Waals surface area contributed by atoms with Gasteiger partial charge in [-0.2, -0.15) is 0 Å². The first kappa shape index (κ1) is 10.5. The first-order chi connectivity index (χ1) is 7.56. The first-order valence-corrected chi connectivity index (χ1v) is 4.93. The Morgan fingerprint density at radius 1 is 1.12 bits per heavy atom. The number of nitrogens with zero attached hydrogens (tertiary/aromatic N) is 2. The molecule has 1 aromatic heterocycles. The molecule has 0 atom stereocenters. The summed E-state index contributed by atoms with van der Waals surface area (Å²) in [5, 5.41) is 0. The fraction of sp³-hybridized carbons (Fsp3) is 0.167. The fourth-order valence-electron chi connectivity index (χ4n) is 1.69. The Labute approximate surface area is 93.2 Å². The van der Waals surface area contributed by atoms with Crippen molar-refractivity contribution in [2.24, 2.45) is 0 Å². The van der Waals surface area contributed by atoms with Crippen molar-refractivity contribution in [1.82, 2.24) is 9.97 Å². The van der Waals surface area contributed by atoms with Gasteiger partial charge in [-0.1, -0.05) is 17.2 Å². The number of nitrogens with two attached hydrogens (primary N) is 1. The number of hydrogen-bond acceptors (Lipinski definition) is 3. The van der Waals surface area contributed by atoms with Crippen LogP contribution in [0.15, 0.2) is 24.4 Å². The highest BCUT2D eigenvalue weighted by molar-refractivity contribution is 5.62. The summed E-state index contributed by atoms with van der Waals surface area (Å²) in [6.07, 6.45) is 1.09. The highest BCUT2D eigenvalue weighted by Gasteiger charge is 2.08. The maximum Gasteiger partial charge on any atom is 0.220 e. The number of aryl methyl sites for hydroxylation is 2. The number of hydrogen-bond donors (Lipinski definition) is 1. The standard InChI is InChI=1S/C12H12FN3/c1-7-3-8(2)5-9(4-7)11-10(13)6-15-12(14)16-11/h3-6H,1-2H3,(H2,14,15,16). The van der Waals surface area contributed by atoms with Gasteiger partial charge in [0.1, 0.15) is 5.69 Å². The van der Waals surface area contributed by atoms with Gasteiger partial charge in [0.2, 0.25) is 5.95 Å². The zero-order valence-electron chi connectivity index (χ0n) is 9.16. The Kier molecular flexibility index (Phi) is 2.56. The van der Waals surface area contributed by atoms with Gasteiger partial charge in [0.15, 0.2) is 5.82 Å². The van der Waals surface area contributed by atoms with E-state index in [-0.39, 0.29) is 11.6 Å². The van der Waals surface area contributed by atoms with E-state index in [2.05, 4.69) is 9.97 Å². The highest BCUT2D eigenvalue weighted by Crippen LogP contribution is 2.23. The molecule has 2 aromatic rings. The molecule has 0 bridgehead atoms. The summed E-state index contributed by atoms with van der Waals surface area (Å²) in [4.78, 5) is 7.52. The number of rotatable bonds is 1. The third-order valence-corrected chi connectivity index (χ3v) is 2.26. The molecule has 0 aliphatic heterocycles. The van der Waals surface area contributed by atoms with Gasteiger partial charge in [0.25, 0.3) is 0 Å². The Balaban J connectivity index is 2.62. The smallest absolute Gasteiger partial charge is 0.220 e. The first-order valence-electron chi connectivity index (χ1n) is 4.93. The van der Waals surface area contributed by atoms with E-state index >= 15 is 0 Å². The molecule has 16 heavy (non-hydrogen) atoms. The number of benzene rings is 1. The molecule has 0 unspecified atom stereocenters. The summed E-state index contributed by atoms with van der Waals surface area (Å²) in [5.41, 5.74) is 8.55. The summed E-state index contributed by atoms with van der Waals surface area (Å²) in [5.74, 6) is -0.380. The van der Waals surface area contributed by atoms with E-state index in [0.717, 1.165) is 22.9 Å². The predicted octanol–water partition coefficient (Wildman–Crippen LogP) is 2.48. The van der Waals surface area contributed by atoms with E-state index < -0.39 is 5.82 Å². The van der Waals surface area contributed by atoms with Crippen molar-refractivity contribution in [2.45, 2.75) is 13.8 Å². The number of aromatic nitrogens is 2. The van der Waals surface area contributed by atoms with Gasteiger partial charge in [-0.3, -0.25) is 0 Å². The summed E-state index contributed by atoms with van der Waals surface area (Å²) in [6.45, 7) is 3.91. The molecule has 0 saturated carbocycles. The second-order valence-corrected chi connectivity index (χ2v) is 3.80. The van der Waals surface area contributed by atoms with E-state index in [1.807, 2.05) is 32.0 Å². The van der Waals surface area contributed by atoms with Gasteiger partial charge in [-0.25, -0.2) is 14.4 Å². The third-order valence-electron chi connectivity index (χ3n) is 2.26.